The van der Waals surface area contributed by atoms with Crippen molar-refractivity contribution in [3.63, 3.8) is 0 Å². The highest BCUT2D eigenvalue weighted by Crippen LogP contribution is 2.32. The molecule has 26 heavy (non-hydrogen) atoms. The molecule has 4 heterocycles. The molecule has 0 bridgehead atoms. The van der Waals surface area contributed by atoms with E-state index in [2.05, 4.69) is 14.9 Å². The van der Waals surface area contributed by atoms with Gasteiger partial charge in [-0.1, -0.05) is 0 Å². The van der Waals surface area contributed by atoms with Crippen LogP contribution in [-0.4, -0.2) is 90.4 Å². The number of hydrogen-bond acceptors (Lipinski definition) is 7. The fourth-order valence-corrected chi connectivity index (χ4v) is 3.65. The standard InChI is InChI=1S/C17H23N5O4/c23-13-20-5-7-22(8-6-20)16(24)14-11-19-15(12-18-14)21-3-1-17(2-4-21)25-9-10-26-17/h11-13H,1-10H2. The summed E-state index contributed by atoms with van der Waals surface area (Å²) in [7, 11) is 0. The molecule has 0 saturated carbocycles. The van der Waals surface area contributed by atoms with Gasteiger partial charge in [-0.3, -0.25) is 9.59 Å². The highest BCUT2D eigenvalue weighted by Gasteiger charge is 2.40. The van der Waals surface area contributed by atoms with E-state index in [9.17, 15) is 9.59 Å². The fraction of sp³-hybridized carbons (Fsp3) is 0.647. The molecule has 3 saturated heterocycles. The Bertz CT molecular complexity index is 644. The average Bonchev–Trinajstić information content (AvgIpc) is 3.16. The van der Waals surface area contributed by atoms with Gasteiger partial charge in [-0.05, 0) is 0 Å². The maximum atomic E-state index is 12.5. The van der Waals surface area contributed by atoms with Gasteiger partial charge >= 0.3 is 0 Å². The predicted molar refractivity (Wildman–Crippen MR) is 91.7 cm³/mol. The van der Waals surface area contributed by atoms with Crippen molar-refractivity contribution in [1.29, 1.82) is 0 Å². The van der Waals surface area contributed by atoms with Crippen LogP contribution in [-0.2, 0) is 14.3 Å². The molecule has 0 unspecified atom stereocenters. The van der Waals surface area contributed by atoms with Crippen molar-refractivity contribution in [1.82, 2.24) is 19.8 Å². The summed E-state index contributed by atoms with van der Waals surface area (Å²) in [6.07, 6.45) is 5.62. The summed E-state index contributed by atoms with van der Waals surface area (Å²) >= 11 is 0. The second-order valence-electron chi connectivity index (χ2n) is 6.79. The summed E-state index contributed by atoms with van der Waals surface area (Å²) in [5.74, 6) is 0.212. The molecule has 0 aliphatic carbocycles. The Morgan fingerprint density at radius 3 is 2.27 bits per heavy atom. The number of carbonyl (C=O) groups excluding carboxylic acids is 2. The van der Waals surface area contributed by atoms with Crippen LogP contribution in [0.5, 0.6) is 0 Å². The number of aromatic nitrogens is 2. The van der Waals surface area contributed by atoms with Crippen molar-refractivity contribution < 1.29 is 19.1 Å². The minimum Gasteiger partial charge on any atom is -0.355 e. The third kappa shape index (κ3) is 3.36. The molecule has 3 aliphatic heterocycles. The number of rotatable bonds is 3. The highest BCUT2D eigenvalue weighted by atomic mass is 16.7. The molecule has 1 aromatic heterocycles. The molecule has 140 valence electrons. The molecule has 0 radical (unpaired) electrons. The van der Waals surface area contributed by atoms with E-state index in [0.29, 0.717) is 45.1 Å². The van der Waals surface area contributed by atoms with Gasteiger partial charge in [0.25, 0.3) is 5.91 Å². The zero-order valence-electron chi connectivity index (χ0n) is 14.7. The molecule has 3 fully saturated rings. The van der Waals surface area contributed by atoms with Crippen molar-refractivity contribution in [3.05, 3.63) is 18.1 Å². The van der Waals surface area contributed by atoms with Crippen molar-refractivity contribution in [2.45, 2.75) is 18.6 Å². The Hall–Kier alpha value is -2.26. The van der Waals surface area contributed by atoms with E-state index in [1.54, 1.807) is 16.0 Å². The minimum atomic E-state index is -0.413. The largest absolute Gasteiger partial charge is 0.355 e. The van der Waals surface area contributed by atoms with E-state index in [-0.39, 0.29) is 5.91 Å². The quantitative estimate of drug-likeness (QED) is 0.685. The summed E-state index contributed by atoms with van der Waals surface area (Å²) in [5, 5.41) is 0. The van der Waals surface area contributed by atoms with Gasteiger partial charge in [-0.2, -0.15) is 0 Å². The van der Waals surface area contributed by atoms with E-state index in [4.69, 9.17) is 9.47 Å². The van der Waals surface area contributed by atoms with Crippen LogP contribution in [0.15, 0.2) is 12.4 Å². The van der Waals surface area contributed by atoms with Gasteiger partial charge in [-0.15, -0.1) is 0 Å². The molecular weight excluding hydrogens is 338 g/mol. The van der Waals surface area contributed by atoms with E-state index in [1.165, 1.54) is 6.20 Å². The van der Waals surface area contributed by atoms with Crippen molar-refractivity contribution in [2.24, 2.45) is 0 Å². The lowest BCUT2D eigenvalue weighted by molar-refractivity contribution is -0.169. The van der Waals surface area contributed by atoms with Crippen LogP contribution in [0.4, 0.5) is 5.82 Å². The van der Waals surface area contributed by atoms with E-state index < -0.39 is 5.79 Å². The van der Waals surface area contributed by atoms with Crippen molar-refractivity contribution in [3.8, 4) is 0 Å². The normalized spacial score (nSPS) is 22.7. The predicted octanol–water partition coefficient (Wildman–Crippen LogP) is -0.266. The molecule has 0 aromatic carbocycles. The van der Waals surface area contributed by atoms with Crippen molar-refractivity contribution >= 4 is 18.1 Å². The monoisotopic (exact) mass is 361 g/mol. The smallest absolute Gasteiger partial charge is 0.274 e. The van der Waals surface area contributed by atoms with Gasteiger partial charge in [-0.25, -0.2) is 9.97 Å². The third-order valence-corrected chi connectivity index (χ3v) is 5.27. The molecule has 1 aromatic rings. The van der Waals surface area contributed by atoms with Gasteiger partial charge in [0.05, 0.1) is 25.6 Å². The lowest BCUT2D eigenvalue weighted by atomic mass is 10.0. The first-order valence-corrected chi connectivity index (χ1v) is 9.03. The maximum absolute atomic E-state index is 12.5. The number of carbonyl (C=O) groups is 2. The van der Waals surface area contributed by atoms with Crippen LogP contribution >= 0.6 is 0 Å². The van der Waals surface area contributed by atoms with Gasteiger partial charge in [0.15, 0.2) is 5.79 Å². The lowest BCUT2D eigenvalue weighted by Crippen LogP contribution is -2.48. The molecule has 0 atom stereocenters. The van der Waals surface area contributed by atoms with Crippen LogP contribution in [0.2, 0.25) is 0 Å². The topological polar surface area (TPSA) is 88.1 Å². The Morgan fingerprint density at radius 2 is 1.69 bits per heavy atom. The van der Waals surface area contributed by atoms with Gasteiger partial charge in [0.1, 0.15) is 11.5 Å². The van der Waals surface area contributed by atoms with E-state index >= 15 is 0 Å². The van der Waals surface area contributed by atoms with Crippen LogP contribution < -0.4 is 4.90 Å². The number of piperazine rings is 1. The average molecular weight is 361 g/mol. The number of nitrogens with zero attached hydrogens (tertiary/aromatic N) is 5. The summed E-state index contributed by atoms with van der Waals surface area (Å²) in [6.45, 7) is 5.06. The Kier molecular flexibility index (Phi) is 4.73. The zero-order chi connectivity index (χ0) is 18.0. The highest BCUT2D eigenvalue weighted by molar-refractivity contribution is 5.92. The van der Waals surface area contributed by atoms with E-state index in [0.717, 1.165) is 38.2 Å². The zero-order valence-corrected chi connectivity index (χ0v) is 14.7. The maximum Gasteiger partial charge on any atom is 0.274 e. The van der Waals surface area contributed by atoms with Gasteiger partial charge < -0.3 is 24.2 Å². The molecule has 2 amide bonds. The Morgan fingerprint density at radius 1 is 1.00 bits per heavy atom. The fourth-order valence-electron chi connectivity index (χ4n) is 3.65. The number of piperidine rings is 1. The third-order valence-electron chi connectivity index (χ3n) is 5.27. The molecule has 3 aliphatic rings. The first-order valence-electron chi connectivity index (χ1n) is 9.03. The van der Waals surface area contributed by atoms with Gasteiger partial charge in [0.2, 0.25) is 6.41 Å². The number of amides is 2. The van der Waals surface area contributed by atoms with Crippen LogP contribution in [0, 0.1) is 0 Å². The summed E-state index contributed by atoms with van der Waals surface area (Å²) < 4.78 is 11.5. The summed E-state index contributed by atoms with van der Waals surface area (Å²) in [4.78, 5) is 37.5. The molecule has 0 N–H and O–H groups in total. The SMILES string of the molecule is O=CN1CCN(C(=O)c2cnc(N3CCC4(CC3)OCCO4)cn2)CC1. The summed E-state index contributed by atoms with van der Waals surface area (Å²) in [5.41, 5.74) is 0.337. The molecular formula is C17H23N5O4. The molecule has 1 spiro atoms. The number of hydrogen-bond donors (Lipinski definition) is 0. The molecule has 9 nitrogen and oxygen atoms in total. The minimum absolute atomic E-state index is 0.139. The lowest BCUT2D eigenvalue weighted by Gasteiger charge is -2.38. The van der Waals surface area contributed by atoms with Crippen LogP contribution in [0.25, 0.3) is 0 Å². The Balaban J connectivity index is 1.35. The Labute approximate surface area is 151 Å². The van der Waals surface area contributed by atoms with Crippen molar-refractivity contribution in [2.75, 3.05) is 57.4 Å². The first-order chi connectivity index (χ1) is 12.7. The molecule has 9 heteroatoms. The number of anilines is 1. The number of ether oxygens (including phenoxy) is 2. The molecule has 4 rings (SSSR count). The van der Waals surface area contributed by atoms with E-state index in [1.807, 2.05) is 0 Å². The second-order valence-corrected chi connectivity index (χ2v) is 6.79. The second kappa shape index (κ2) is 7.16. The van der Waals surface area contributed by atoms with Gasteiger partial charge in [0, 0.05) is 52.1 Å². The summed E-state index contributed by atoms with van der Waals surface area (Å²) in [6, 6.07) is 0. The van der Waals surface area contributed by atoms with Crippen LogP contribution in [0.1, 0.15) is 23.3 Å². The van der Waals surface area contributed by atoms with Crippen LogP contribution in [0.3, 0.4) is 0 Å². The first kappa shape index (κ1) is 17.2.